The average molecular weight is 464 g/mol. The molecule has 0 aliphatic carbocycles. The molecule has 0 fully saturated rings. The Morgan fingerprint density at radius 2 is 1.93 bits per heavy atom. The number of nitrogens with one attached hydrogen (secondary N) is 2. The van der Waals surface area contributed by atoms with Crippen LogP contribution < -0.4 is 14.4 Å². The molecule has 1 unspecified atom stereocenters. The summed E-state index contributed by atoms with van der Waals surface area (Å²) in [5.74, 6) is 0.817. The fraction of sp³-hybridized carbons (Fsp3) is 0.208. The number of rotatable bonds is 9. The van der Waals surface area contributed by atoms with E-state index in [1.165, 1.54) is 0 Å². The second kappa shape index (κ2) is 9.37. The molecular formula is C24H25AsN2O3. The molecule has 1 atom stereocenters. The normalized spacial score (nSPS) is 11.5. The number of carbonyl (C=O) groups excluding carboxylic acids is 1. The summed E-state index contributed by atoms with van der Waals surface area (Å²) in [6.45, 7) is 3.01. The second-order valence-corrected chi connectivity index (χ2v) is 10.4. The van der Waals surface area contributed by atoms with Crippen LogP contribution in [0.3, 0.4) is 0 Å². The third-order valence-electron chi connectivity index (χ3n) is 4.98. The minimum absolute atomic E-state index is 0.137. The van der Waals surface area contributed by atoms with Crippen LogP contribution in [0.5, 0.6) is 5.75 Å². The van der Waals surface area contributed by atoms with Gasteiger partial charge in [0.15, 0.2) is 0 Å². The summed E-state index contributed by atoms with van der Waals surface area (Å²) in [6, 6.07) is 20.3. The number of hydrogen-bond acceptors (Lipinski definition) is 4. The van der Waals surface area contributed by atoms with Gasteiger partial charge in [-0.15, -0.1) is 0 Å². The van der Waals surface area contributed by atoms with Crippen molar-refractivity contribution in [3.05, 3.63) is 66.2 Å². The van der Waals surface area contributed by atoms with E-state index >= 15 is 0 Å². The zero-order valence-corrected chi connectivity index (χ0v) is 19.0. The summed E-state index contributed by atoms with van der Waals surface area (Å²) in [6.07, 6.45) is 0.636. The van der Waals surface area contributed by atoms with E-state index in [4.69, 9.17) is 4.74 Å². The molecular weight excluding hydrogens is 439 g/mol. The molecule has 4 rings (SSSR count). The van der Waals surface area contributed by atoms with Gasteiger partial charge in [-0.3, -0.25) is 0 Å². The van der Waals surface area contributed by atoms with Crippen LogP contribution in [0.15, 0.2) is 60.7 Å². The summed E-state index contributed by atoms with van der Waals surface area (Å²) in [5.41, 5.74) is 4.24. The van der Waals surface area contributed by atoms with Crippen LogP contribution in [0, 0.1) is 0 Å². The van der Waals surface area contributed by atoms with E-state index in [2.05, 4.69) is 34.6 Å². The quantitative estimate of drug-likeness (QED) is 0.263. The van der Waals surface area contributed by atoms with Crippen molar-refractivity contribution in [1.29, 1.82) is 0 Å². The molecule has 4 aromatic rings. The van der Waals surface area contributed by atoms with Crippen molar-refractivity contribution in [2.45, 2.75) is 13.3 Å². The fourth-order valence-corrected chi connectivity index (χ4v) is 5.30. The Labute approximate surface area is 182 Å². The molecule has 0 aliphatic rings. The van der Waals surface area contributed by atoms with Crippen molar-refractivity contribution in [2.24, 2.45) is 0 Å². The molecule has 0 saturated carbocycles. The number of hydrogen-bond donors (Lipinski definition) is 3. The van der Waals surface area contributed by atoms with Gasteiger partial charge in [0.25, 0.3) is 0 Å². The van der Waals surface area contributed by atoms with Gasteiger partial charge < -0.3 is 5.11 Å². The van der Waals surface area contributed by atoms with Crippen molar-refractivity contribution in [3.8, 4) is 5.75 Å². The number of aromatic amines is 1. The Morgan fingerprint density at radius 1 is 1.07 bits per heavy atom. The first-order valence-electron chi connectivity index (χ1n) is 10.0. The van der Waals surface area contributed by atoms with Gasteiger partial charge in [0, 0.05) is 6.61 Å². The molecule has 0 bridgehead atoms. The van der Waals surface area contributed by atoms with Gasteiger partial charge in [0.1, 0.15) is 0 Å². The van der Waals surface area contributed by atoms with Crippen LogP contribution in [0.25, 0.3) is 21.8 Å². The van der Waals surface area contributed by atoms with Crippen molar-refractivity contribution in [2.75, 3.05) is 25.1 Å². The molecule has 0 saturated heterocycles. The van der Waals surface area contributed by atoms with Crippen LogP contribution in [0.1, 0.15) is 12.5 Å². The summed E-state index contributed by atoms with van der Waals surface area (Å²) in [4.78, 5) is 14.9. The molecule has 5 nitrogen and oxygen atoms in total. The predicted molar refractivity (Wildman–Crippen MR) is 124 cm³/mol. The summed E-state index contributed by atoms with van der Waals surface area (Å²) >= 11 is -0.727. The van der Waals surface area contributed by atoms with Gasteiger partial charge in [-0.25, -0.2) is 0 Å². The number of para-hydroxylation sites is 1. The SMILES string of the molecule is CC(=O)[AsH]c1ccc2[nH]c3cc(OCCNc4ccccc4CCO)ccc3c2c1. The number of benzene rings is 3. The first-order valence-corrected chi connectivity index (χ1v) is 12.1. The van der Waals surface area contributed by atoms with E-state index in [0.29, 0.717) is 19.6 Å². The first-order chi connectivity index (χ1) is 14.6. The Hall–Kier alpha value is -2.75. The van der Waals surface area contributed by atoms with Crippen molar-refractivity contribution >= 4 is 52.2 Å². The van der Waals surface area contributed by atoms with E-state index in [9.17, 15) is 9.90 Å². The fourth-order valence-electron chi connectivity index (χ4n) is 3.64. The number of aliphatic hydroxyl groups is 1. The van der Waals surface area contributed by atoms with E-state index in [0.717, 1.165) is 43.2 Å². The molecule has 1 heterocycles. The second-order valence-electron chi connectivity index (χ2n) is 7.18. The van der Waals surface area contributed by atoms with Gasteiger partial charge in [0.05, 0.1) is 0 Å². The van der Waals surface area contributed by atoms with Gasteiger partial charge in [0.2, 0.25) is 0 Å². The van der Waals surface area contributed by atoms with E-state index in [1.807, 2.05) is 36.4 Å². The predicted octanol–water partition coefficient (Wildman–Crippen LogP) is 2.96. The van der Waals surface area contributed by atoms with Crippen molar-refractivity contribution in [3.63, 3.8) is 0 Å². The third kappa shape index (κ3) is 4.69. The summed E-state index contributed by atoms with van der Waals surface area (Å²) in [5, 5.41) is 14.9. The Balaban J connectivity index is 1.43. The number of H-pyrrole nitrogens is 1. The van der Waals surface area contributed by atoms with Crippen molar-refractivity contribution < 1.29 is 14.6 Å². The van der Waals surface area contributed by atoms with Crippen LogP contribution in [0.2, 0.25) is 0 Å². The molecule has 0 amide bonds. The molecule has 3 aromatic carbocycles. The van der Waals surface area contributed by atoms with Crippen LogP contribution in [-0.2, 0) is 11.2 Å². The number of ether oxygens (including phenoxy) is 1. The number of aliphatic hydroxyl groups excluding tert-OH is 1. The van der Waals surface area contributed by atoms with Gasteiger partial charge in [-0.05, 0) is 18.1 Å². The standard InChI is InChI=1S/C24H25AsN2O3/c1-16(29)25-18-6-9-23-21(14-18)20-8-7-19(15-24(20)27-23)30-13-11-26-22-5-3-2-4-17(22)10-12-28/h2-9,14-15,25-28H,10-13H2,1H3. The molecule has 3 N–H and O–H groups in total. The van der Waals surface area contributed by atoms with Crippen molar-refractivity contribution in [1.82, 2.24) is 4.98 Å². The summed E-state index contributed by atoms with van der Waals surface area (Å²) < 4.78 is 7.38. The minimum atomic E-state index is -0.727. The summed E-state index contributed by atoms with van der Waals surface area (Å²) in [7, 11) is 0. The molecule has 0 radical (unpaired) electrons. The monoisotopic (exact) mass is 464 g/mol. The molecule has 30 heavy (non-hydrogen) atoms. The number of carbonyl (C=O) groups is 1. The third-order valence-corrected chi connectivity index (χ3v) is 6.97. The number of aromatic nitrogens is 1. The van der Waals surface area contributed by atoms with Gasteiger partial charge >= 0.3 is 134 Å². The Morgan fingerprint density at radius 3 is 2.77 bits per heavy atom. The maximum absolute atomic E-state index is 11.5. The van der Waals surface area contributed by atoms with Crippen LogP contribution in [0.4, 0.5) is 5.69 Å². The van der Waals surface area contributed by atoms with E-state index < -0.39 is 15.8 Å². The molecule has 0 aliphatic heterocycles. The first kappa shape index (κ1) is 20.5. The van der Waals surface area contributed by atoms with Gasteiger partial charge in [-0.2, -0.15) is 0 Å². The van der Waals surface area contributed by atoms with Gasteiger partial charge in [-0.1, -0.05) is 18.2 Å². The van der Waals surface area contributed by atoms with Crippen LogP contribution >= 0.6 is 0 Å². The molecule has 0 spiro atoms. The van der Waals surface area contributed by atoms with Crippen LogP contribution in [-0.4, -0.2) is 50.2 Å². The maximum atomic E-state index is 11.5. The molecule has 6 heteroatoms. The van der Waals surface area contributed by atoms with E-state index in [-0.39, 0.29) is 11.2 Å². The van der Waals surface area contributed by atoms with E-state index in [1.54, 1.807) is 6.92 Å². The average Bonchev–Trinajstić information content (AvgIpc) is 3.09. The number of anilines is 1. The number of fused-ring (bicyclic) bond motifs is 3. The molecule has 1 aromatic heterocycles. The Bertz CT molecular complexity index is 1190. The zero-order chi connectivity index (χ0) is 20.9. The zero-order valence-electron chi connectivity index (χ0n) is 16.9. The molecule has 154 valence electrons. The topological polar surface area (TPSA) is 74.4 Å². The Kier molecular flexibility index (Phi) is 6.41.